The van der Waals surface area contributed by atoms with Crippen LogP contribution in [-0.4, -0.2) is 43.3 Å². The Morgan fingerprint density at radius 1 is 1.43 bits per heavy atom. The van der Waals surface area contributed by atoms with E-state index in [9.17, 15) is 4.39 Å². The molecule has 1 aromatic rings. The Kier molecular flexibility index (Phi) is 4.37. The molecule has 1 aromatic carbocycles. The van der Waals surface area contributed by atoms with Gasteiger partial charge in [-0.05, 0) is 37.6 Å². The topological polar surface area (TPSA) is 48.3 Å². The first-order valence-electron chi connectivity index (χ1n) is 7.55. The molecule has 112 valence electrons. The van der Waals surface area contributed by atoms with Gasteiger partial charge in [0.25, 0.3) is 0 Å². The molecule has 0 aromatic heterocycles. The minimum Gasteiger partial charge on any atom is -0.381 e. The first-order valence-corrected chi connectivity index (χ1v) is 7.55. The van der Waals surface area contributed by atoms with Gasteiger partial charge < -0.3 is 10.1 Å². The van der Waals surface area contributed by atoms with Crippen molar-refractivity contribution in [1.29, 1.82) is 5.26 Å². The van der Waals surface area contributed by atoms with Crippen molar-refractivity contribution in [3.05, 3.63) is 29.6 Å². The maximum atomic E-state index is 13.1. The van der Waals surface area contributed by atoms with Gasteiger partial charge in [-0.15, -0.1) is 0 Å². The second-order valence-corrected chi connectivity index (χ2v) is 5.78. The number of hydrogen-bond donors (Lipinski definition) is 1. The first kappa shape index (κ1) is 14.3. The van der Waals surface area contributed by atoms with Crippen LogP contribution in [0.15, 0.2) is 18.2 Å². The van der Waals surface area contributed by atoms with Crippen LogP contribution < -0.4 is 5.32 Å². The van der Waals surface area contributed by atoms with Crippen molar-refractivity contribution in [2.45, 2.75) is 31.4 Å². The number of rotatable bonds is 3. The molecule has 2 saturated heterocycles. The van der Waals surface area contributed by atoms with Gasteiger partial charge in [0, 0.05) is 19.1 Å². The highest BCUT2D eigenvalue weighted by molar-refractivity contribution is 5.57. The summed E-state index contributed by atoms with van der Waals surface area (Å²) < 4.78 is 19.0. The summed E-state index contributed by atoms with van der Waals surface area (Å²) in [5, 5.41) is 12.3. The van der Waals surface area contributed by atoms with Crippen LogP contribution in [0.2, 0.25) is 0 Å². The molecular formula is C16H20FN3O. The number of benzene rings is 1. The highest BCUT2D eigenvalue weighted by Crippen LogP contribution is 2.23. The van der Waals surface area contributed by atoms with Crippen LogP contribution in [0.3, 0.4) is 0 Å². The molecule has 0 radical (unpaired) electrons. The Hall–Kier alpha value is -1.64. The minimum atomic E-state index is -0.387. The summed E-state index contributed by atoms with van der Waals surface area (Å²) in [5.74, 6) is -0.387. The predicted molar refractivity (Wildman–Crippen MR) is 78.6 cm³/mol. The highest BCUT2D eigenvalue weighted by Gasteiger charge is 2.30. The van der Waals surface area contributed by atoms with Crippen LogP contribution in [0.5, 0.6) is 0 Å². The summed E-state index contributed by atoms with van der Waals surface area (Å²) in [6, 6.07) is 6.83. The zero-order valence-electron chi connectivity index (χ0n) is 12.0. The molecule has 2 heterocycles. The third-order valence-corrected chi connectivity index (χ3v) is 4.33. The molecule has 21 heavy (non-hydrogen) atoms. The third-order valence-electron chi connectivity index (χ3n) is 4.33. The normalized spacial score (nSPS) is 25.9. The average molecular weight is 289 g/mol. The van der Waals surface area contributed by atoms with Crippen LogP contribution in [0.25, 0.3) is 0 Å². The predicted octanol–water partition coefficient (Wildman–Crippen LogP) is 2.36. The summed E-state index contributed by atoms with van der Waals surface area (Å²) in [5.41, 5.74) is 1.00. The minimum absolute atomic E-state index is 0.121. The van der Waals surface area contributed by atoms with E-state index in [4.69, 9.17) is 10.00 Å². The van der Waals surface area contributed by atoms with Crippen molar-refractivity contribution < 1.29 is 9.13 Å². The lowest BCUT2D eigenvalue weighted by atomic mass is 10.0. The number of piperidine rings is 1. The van der Waals surface area contributed by atoms with Crippen LogP contribution in [0, 0.1) is 17.1 Å². The van der Waals surface area contributed by atoms with Gasteiger partial charge in [-0.3, -0.25) is 4.90 Å². The maximum absolute atomic E-state index is 13.1. The summed E-state index contributed by atoms with van der Waals surface area (Å²) in [4.78, 5) is 2.51. The van der Waals surface area contributed by atoms with Gasteiger partial charge in [0.1, 0.15) is 11.9 Å². The molecule has 0 aliphatic carbocycles. The van der Waals surface area contributed by atoms with E-state index in [1.54, 1.807) is 6.07 Å². The van der Waals surface area contributed by atoms with E-state index >= 15 is 0 Å². The molecule has 2 aliphatic heterocycles. The molecule has 0 saturated carbocycles. The number of halogens is 1. The Balaban J connectivity index is 1.57. The number of ether oxygens (including phenoxy) is 1. The second-order valence-electron chi connectivity index (χ2n) is 5.78. The van der Waals surface area contributed by atoms with Crippen LogP contribution >= 0.6 is 0 Å². The summed E-state index contributed by atoms with van der Waals surface area (Å²) >= 11 is 0. The smallest absolute Gasteiger partial charge is 0.124 e. The molecule has 2 aliphatic rings. The molecule has 0 spiro atoms. The molecule has 1 N–H and O–H groups in total. The SMILES string of the molecule is N#Cc1cc(F)ccc1NC[C@H]1CN2CCCC[C@H]2CO1. The Labute approximate surface area is 124 Å². The maximum Gasteiger partial charge on any atom is 0.124 e. The lowest BCUT2D eigenvalue weighted by Crippen LogP contribution is -2.53. The second kappa shape index (κ2) is 6.42. The number of nitrogens with one attached hydrogen (secondary N) is 1. The van der Waals surface area contributed by atoms with Crippen LogP contribution in [0.4, 0.5) is 10.1 Å². The van der Waals surface area contributed by atoms with Crippen molar-refractivity contribution in [1.82, 2.24) is 4.90 Å². The van der Waals surface area contributed by atoms with Gasteiger partial charge in [0.05, 0.1) is 24.0 Å². The zero-order valence-corrected chi connectivity index (χ0v) is 12.0. The van der Waals surface area contributed by atoms with Crippen LogP contribution in [0.1, 0.15) is 24.8 Å². The fraction of sp³-hybridized carbons (Fsp3) is 0.562. The number of nitrogens with zero attached hydrogens (tertiary/aromatic N) is 2. The van der Waals surface area contributed by atoms with Crippen molar-refractivity contribution in [2.24, 2.45) is 0 Å². The van der Waals surface area contributed by atoms with E-state index in [2.05, 4.69) is 10.2 Å². The molecule has 3 rings (SSSR count). The number of nitriles is 1. The zero-order chi connectivity index (χ0) is 14.7. The number of anilines is 1. The van der Waals surface area contributed by atoms with Crippen LogP contribution in [-0.2, 0) is 4.74 Å². The summed E-state index contributed by atoms with van der Waals surface area (Å²) in [6.45, 7) is 3.52. The van der Waals surface area contributed by atoms with Gasteiger partial charge in [-0.1, -0.05) is 6.42 Å². The van der Waals surface area contributed by atoms with E-state index in [0.717, 1.165) is 19.7 Å². The average Bonchev–Trinajstić information content (AvgIpc) is 2.53. The molecule has 4 nitrogen and oxygen atoms in total. The molecule has 0 unspecified atom stereocenters. The summed E-state index contributed by atoms with van der Waals surface area (Å²) in [6.07, 6.45) is 3.93. The van der Waals surface area contributed by atoms with Gasteiger partial charge in [0.2, 0.25) is 0 Å². The largest absolute Gasteiger partial charge is 0.381 e. The van der Waals surface area contributed by atoms with Gasteiger partial charge in [-0.25, -0.2) is 4.39 Å². The number of hydrogen-bond acceptors (Lipinski definition) is 4. The monoisotopic (exact) mass is 289 g/mol. The molecule has 2 atom stereocenters. The number of morpholine rings is 1. The lowest BCUT2D eigenvalue weighted by molar-refractivity contribution is -0.0688. The molecule has 5 heteroatoms. The van der Waals surface area contributed by atoms with Gasteiger partial charge >= 0.3 is 0 Å². The summed E-state index contributed by atoms with van der Waals surface area (Å²) in [7, 11) is 0. The van der Waals surface area contributed by atoms with Crippen molar-refractivity contribution in [2.75, 3.05) is 31.6 Å². The molecular weight excluding hydrogens is 269 g/mol. The van der Waals surface area contributed by atoms with Crippen molar-refractivity contribution in [3.63, 3.8) is 0 Å². The molecule has 2 fully saturated rings. The Morgan fingerprint density at radius 3 is 3.19 bits per heavy atom. The standard InChI is InChI=1S/C16H20FN3O/c17-13-4-5-16(12(7-13)8-18)19-9-15-10-20-6-2-1-3-14(20)11-21-15/h4-5,7,14-15,19H,1-3,6,9-11H2/t14-,15-/m0/s1. The van der Waals surface area contributed by atoms with E-state index in [1.807, 2.05) is 6.07 Å². The molecule has 0 bridgehead atoms. The van der Waals surface area contributed by atoms with E-state index < -0.39 is 0 Å². The lowest BCUT2D eigenvalue weighted by Gasteiger charge is -2.42. The van der Waals surface area contributed by atoms with Gasteiger partial charge in [0.15, 0.2) is 0 Å². The van der Waals surface area contributed by atoms with Gasteiger partial charge in [-0.2, -0.15) is 5.26 Å². The van der Waals surface area contributed by atoms with E-state index in [1.165, 1.54) is 31.4 Å². The van der Waals surface area contributed by atoms with E-state index in [0.29, 0.717) is 23.8 Å². The van der Waals surface area contributed by atoms with Crippen molar-refractivity contribution in [3.8, 4) is 6.07 Å². The van der Waals surface area contributed by atoms with Crippen molar-refractivity contribution >= 4 is 5.69 Å². The quantitative estimate of drug-likeness (QED) is 0.928. The third kappa shape index (κ3) is 3.34. The Bertz CT molecular complexity index is 543. The molecule has 0 amide bonds. The highest BCUT2D eigenvalue weighted by atomic mass is 19.1. The first-order chi connectivity index (χ1) is 10.3. The Morgan fingerprint density at radius 2 is 2.33 bits per heavy atom. The fourth-order valence-corrected chi connectivity index (χ4v) is 3.16. The number of fused-ring (bicyclic) bond motifs is 1. The fourth-order valence-electron chi connectivity index (χ4n) is 3.16. The van der Waals surface area contributed by atoms with E-state index in [-0.39, 0.29) is 11.9 Å².